The summed E-state index contributed by atoms with van der Waals surface area (Å²) in [5, 5.41) is 10.4. The summed E-state index contributed by atoms with van der Waals surface area (Å²) < 4.78 is 21.3. The van der Waals surface area contributed by atoms with Gasteiger partial charge in [-0.25, -0.2) is 0 Å². The molecule has 0 bridgehead atoms. The minimum Gasteiger partial charge on any atom is -0.493 e. The maximum atomic E-state index is 13.2. The Morgan fingerprint density at radius 1 is 1.09 bits per heavy atom. The van der Waals surface area contributed by atoms with Crippen LogP contribution in [0.5, 0.6) is 17.2 Å². The zero-order valence-corrected chi connectivity index (χ0v) is 18.9. The van der Waals surface area contributed by atoms with Crippen molar-refractivity contribution in [1.82, 2.24) is 4.90 Å². The van der Waals surface area contributed by atoms with Crippen molar-refractivity contribution in [2.45, 2.75) is 24.9 Å². The molecule has 1 amide bonds. The molecule has 10 heteroatoms. The highest BCUT2D eigenvalue weighted by atomic mass is 16.5. The molecule has 0 aliphatic carbocycles. The molecule has 0 spiro atoms. The fraction of sp³-hybridized carbons (Fsp3) is 0.391. The fourth-order valence-corrected chi connectivity index (χ4v) is 4.67. The molecule has 10 nitrogen and oxygen atoms in total. The second-order valence-corrected chi connectivity index (χ2v) is 7.65. The number of esters is 1. The number of carbonyl (C=O) groups excluding carboxylic acids is 3. The molecule has 0 radical (unpaired) electrons. The second-order valence-electron chi connectivity index (χ2n) is 7.65. The molecule has 2 heterocycles. The van der Waals surface area contributed by atoms with E-state index in [4.69, 9.17) is 24.7 Å². The number of primary amides is 1. The van der Waals surface area contributed by atoms with Crippen LogP contribution in [0.2, 0.25) is 0 Å². The molecule has 4 atom stereocenters. The van der Waals surface area contributed by atoms with Gasteiger partial charge in [-0.15, -0.1) is 0 Å². The summed E-state index contributed by atoms with van der Waals surface area (Å²) in [5.41, 5.74) is 4.62. The number of benzene rings is 1. The maximum absolute atomic E-state index is 13.2. The first kappa shape index (κ1) is 23.7. The summed E-state index contributed by atoms with van der Waals surface area (Å²) in [5.74, 6) is -2.11. The van der Waals surface area contributed by atoms with Crippen LogP contribution in [0.15, 0.2) is 36.1 Å². The van der Waals surface area contributed by atoms with Gasteiger partial charge in [-0.3, -0.25) is 14.4 Å². The van der Waals surface area contributed by atoms with Gasteiger partial charge in [0.2, 0.25) is 11.7 Å². The van der Waals surface area contributed by atoms with E-state index in [2.05, 4.69) is 6.07 Å². The quantitative estimate of drug-likeness (QED) is 0.597. The Balaban J connectivity index is 2.37. The number of fused-ring (bicyclic) bond motifs is 1. The molecule has 2 aliphatic rings. The van der Waals surface area contributed by atoms with Crippen LogP contribution in [0.25, 0.3) is 0 Å². The molecular weight excluding hydrogens is 430 g/mol. The zero-order valence-electron chi connectivity index (χ0n) is 18.9. The number of Topliss-reactive ketones (excluding diaryl/α,β-unsaturated/α-hetero) is 1. The Kier molecular flexibility index (Phi) is 6.35. The molecule has 1 fully saturated rings. The Morgan fingerprint density at radius 2 is 1.70 bits per heavy atom. The molecule has 0 unspecified atom stereocenters. The molecule has 0 aromatic heterocycles. The number of hydrogen-bond acceptors (Lipinski definition) is 9. The number of carbonyl (C=O) groups is 3. The van der Waals surface area contributed by atoms with Crippen LogP contribution < -0.4 is 19.9 Å². The molecule has 1 saturated heterocycles. The predicted molar refractivity (Wildman–Crippen MR) is 115 cm³/mol. The van der Waals surface area contributed by atoms with E-state index < -0.39 is 35.3 Å². The zero-order chi connectivity index (χ0) is 24.5. The van der Waals surface area contributed by atoms with E-state index in [9.17, 15) is 19.6 Å². The summed E-state index contributed by atoms with van der Waals surface area (Å²) in [7, 11) is 5.45. The van der Waals surface area contributed by atoms with Crippen LogP contribution in [-0.2, 0) is 19.1 Å². The van der Waals surface area contributed by atoms with Gasteiger partial charge in [-0.05, 0) is 24.6 Å². The van der Waals surface area contributed by atoms with Gasteiger partial charge in [-0.1, -0.05) is 12.2 Å². The van der Waals surface area contributed by atoms with Crippen LogP contribution in [0.4, 0.5) is 0 Å². The first-order valence-corrected chi connectivity index (χ1v) is 9.99. The summed E-state index contributed by atoms with van der Waals surface area (Å²) in [4.78, 5) is 39.4. The van der Waals surface area contributed by atoms with E-state index >= 15 is 0 Å². The Bertz CT molecular complexity index is 1080. The minimum atomic E-state index is -1.87. The molecule has 3 rings (SSSR count). The topological polar surface area (TPSA) is 141 Å². The van der Waals surface area contributed by atoms with E-state index in [0.29, 0.717) is 16.9 Å². The number of rotatable bonds is 7. The number of methoxy groups -OCH3 is 4. The molecule has 2 aliphatic heterocycles. The third kappa shape index (κ3) is 3.46. The molecule has 2 N–H and O–H groups in total. The van der Waals surface area contributed by atoms with Crippen LogP contribution >= 0.6 is 0 Å². The van der Waals surface area contributed by atoms with Gasteiger partial charge in [0.1, 0.15) is 6.04 Å². The van der Waals surface area contributed by atoms with Crippen LogP contribution in [0.1, 0.15) is 18.4 Å². The maximum Gasteiger partial charge on any atom is 0.329 e. The van der Waals surface area contributed by atoms with Gasteiger partial charge < -0.3 is 29.6 Å². The second kappa shape index (κ2) is 8.86. The van der Waals surface area contributed by atoms with Crippen LogP contribution in [0, 0.1) is 16.7 Å². The number of nitriles is 1. The number of ether oxygens (including phenoxy) is 4. The highest BCUT2D eigenvalue weighted by molar-refractivity contribution is 5.97. The van der Waals surface area contributed by atoms with E-state index in [1.165, 1.54) is 52.5 Å². The Hall–Kier alpha value is -4.00. The lowest BCUT2D eigenvalue weighted by Crippen LogP contribution is -2.45. The van der Waals surface area contributed by atoms with Gasteiger partial charge in [-0.2, -0.15) is 5.26 Å². The van der Waals surface area contributed by atoms with Crippen molar-refractivity contribution < 1.29 is 33.3 Å². The van der Waals surface area contributed by atoms with Crippen LogP contribution in [0.3, 0.4) is 0 Å². The number of amides is 1. The number of hydrogen-bond donors (Lipinski definition) is 1. The standard InChI is InChI=1S/C23H25N3O7/c1-12(27)13-6-7-17-23(11-24,22(29)33-5)18(19(21(25)28)26(17)10-13)14-8-15(30-2)20(32-4)16(9-14)31-3/h6-10,17-19H,1-5H3,(H2,25,28)/t17-,18+,19+,23+/m0/s1. The van der Waals surface area contributed by atoms with E-state index in [-0.39, 0.29) is 17.3 Å². The molecular formula is C23H25N3O7. The van der Waals surface area contributed by atoms with Crippen molar-refractivity contribution in [3.63, 3.8) is 0 Å². The van der Waals surface area contributed by atoms with Gasteiger partial charge in [0.15, 0.2) is 22.7 Å². The number of nitrogens with zero attached hydrogens (tertiary/aromatic N) is 2. The lowest BCUT2D eigenvalue weighted by atomic mass is 9.68. The molecule has 1 aromatic carbocycles. The molecule has 0 saturated carbocycles. The first-order valence-electron chi connectivity index (χ1n) is 9.99. The summed E-state index contributed by atoms with van der Waals surface area (Å²) >= 11 is 0. The predicted octanol–water partition coefficient (Wildman–Crippen LogP) is 1.06. The normalized spacial score (nSPS) is 25.4. The van der Waals surface area contributed by atoms with E-state index in [0.717, 1.165) is 0 Å². The summed E-state index contributed by atoms with van der Waals surface area (Å²) in [6.45, 7) is 1.38. The van der Waals surface area contributed by atoms with Crippen molar-refractivity contribution in [3.8, 4) is 23.3 Å². The Morgan fingerprint density at radius 3 is 2.12 bits per heavy atom. The third-order valence-corrected chi connectivity index (χ3v) is 6.11. The van der Waals surface area contributed by atoms with Gasteiger partial charge >= 0.3 is 5.97 Å². The number of ketones is 1. The number of allylic oxidation sites excluding steroid dienone is 2. The summed E-state index contributed by atoms with van der Waals surface area (Å²) in [6.07, 6.45) is 4.52. The highest BCUT2D eigenvalue weighted by Crippen LogP contribution is 2.55. The fourth-order valence-electron chi connectivity index (χ4n) is 4.67. The lowest BCUT2D eigenvalue weighted by Gasteiger charge is -2.32. The highest BCUT2D eigenvalue weighted by Gasteiger charge is 2.66. The van der Waals surface area contributed by atoms with Gasteiger partial charge in [0.05, 0.1) is 40.6 Å². The Labute approximate surface area is 191 Å². The van der Waals surface area contributed by atoms with E-state index in [1.807, 2.05) is 0 Å². The molecule has 174 valence electrons. The van der Waals surface area contributed by atoms with Crippen molar-refractivity contribution in [3.05, 3.63) is 41.6 Å². The van der Waals surface area contributed by atoms with Crippen molar-refractivity contribution in [2.75, 3.05) is 28.4 Å². The minimum absolute atomic E-state index is 0.246. The number of nitrogens with two attached hydrogens (primary N) is 1. The first-order chi connectivity index (χ1) is 15.7. The SMILES string of the molecule is COC(=O)[C@@]1(C#N)[C@H](c2cc(OC)c(OC)c(OC)c2)[C@H](C(N)=O)N2C=C(C(C)=O)C=C[C@H]21. The average Bonchev–Trinajstić information content (AvgIpc) is 3.13. The van der Waals surface area contributed by atoms with E-state index in [1.54, 1.807) is 18.2 Å². The van der Waals surface area contributed by atoms with Gasteiger partial charge in [0, 0.05) is 17.7 Å². The average molecular weight is 455 g/mol. The molecule has 1 aromatic rings. The summed E-state index contributed by atoms with van der Waals surface area (Å²) in [6, 6.07) is 3.16. The monoisotopic (exact) mass is 455 g/mol. The third-order valence-electron chi connectivity index (χ3n) is 6.11. The van der Waals surface area contributed by atoms with Crippen molar-refractivity contribution >= 4 is 17.7 Å². The van der Waals surface area contributed by atoms with Crippen LogP contribution in [-0.4, -0.2) is 63.1 Å². The molecule has 33 heavy (non-hydrogen) atoms. The van der Waals surface area contributed by atoms with Gasteiger partial charge in [0.25, 0.3) is 0 Å². The smallest absolute Gasteiger partial charge is 0.329 e. The van der Waals surface area contributed by atoms with Crippen molar-refractivity contribution in [2.24, 2.45) is 11.1 Å². The lowest BCUT2D eigenvalue weighted by molar-refractivity contribution is -0.150. The largest absolute Gasteiger partial charge is 0.493 e. The van der Waals surface area contributed by atoms with Crippen molar-refractivity contribution in [1.29, 1.82) is 5.26 Å².